The van der Waals surface area contributed by atoms with Crippen LogP contribution in [0.25, 0.3) is 0 Å². The van der Waals surface area contributed by atoms with E-state index in [0.29, 0.717) is 70.3 Å². The van der Waals surface area contributed by atoms with Gasteiger partial charge in [0.05, 0.1) is 0 Å². The number of ketones is 4. The molecular formula is C30H42NO7+. The van der Waals surface area contributed by atoms with Crippen molar-refractivity contribution in [3.63, 3.8) is 0 Å². The monoisotopic (exact) mass is 528 g/mol. The lowest BCUT2D eigenvalue weighted by Gasteiger charge is -2.18. The molecule has 0 spiro atoms. The van der Waals surface area contributed by atoms with Gasteiger partial charge in [-0.2, -0.15) is 9.68 Å². The number of allylic oxidation sites excluding steroid dienone is 8. The van der Waals surface area contributed by atoms with Gasteiger partial charge in [-0.1, -0.05) is 12.8 Å². The quantitative estimate of drug-likeness (QED) is 0.135. The molecule has 0 N–H and O–H groups in total. The minimum Gasteiger partial charge on any atom is -0.289 e. The predicted molar refractivity (Wildman–Crippen MR) is 144 cm³/mol. The zero-order valence-corrected chi connectivity index (χ0v) is 23.8. The van der Waals surface area contributed by atoms with Crippen LogP contribution < -0.4 is 0 Å². The highest BCUT2D eigenvalue weighted by molar-refractivity contribution is 6.25. The summed E-state index contributed by atoms with van der Waals surface area (Å²) < 4.78 is 0. The minimum atomic E-state index is -0.0369. The maximum Gasteiger partial charge on any atom is 0.477 e. The minimum absolute atomic E-state index is 0.0204. The van der Waals surface area contributed by atoms with Crippen LogP contribution in [0.5, 0.6) is 0 Å². The van der Waals surface area contributed by atoms with Crippen molar-refractivity contribution < 1.29 is 33.9 Å². The van der Waals surface area contributed by atoms with Crippen molar-refractivity contribution in [1.29, 1.82) is 0 Å². The first-order chi connectivity index (χ1) is 18.0. The molecule has 2 aliphatic rings. The summed E-state index contributed by atoms with van der Waals surface area (Å²) in [6.45, 7) is 10.8. The normalized spacial score (nSPS) is 16.8. The molecule has 0 heterocycles. The van der Waals surface area contributed by atoms with Crippen LogP contribution in [-0.2, 0) is 28.9 Å². The summed E-state index contributed by atoms with van der Waals surface area (Å²) in [4.78, 5) is 71.1. The average Bonchev–Trinajstić information content (AvgIpc) is 2.90. The van der Waals surface area contributed by atoms with Crippen LogP contribution in [-0.4, -0.2) is 41.4 Å². The fourth-order valence-corrected chi connectivity index (χ4v) is 4.74. The third-order valence-electron chi connectivity index (χ3n) is 7.66. The van der Waals surface area contributed by atoms with Gasteiger partial charge in [0.1, 0.15) is 4.91 Å². The lowest BCUT2D eigenvalue weighted by Crippen LogP contribution is -2.20. The smallest absolute Gasteiger partial charge is 0.289 e. The van der Waals surface area contributed by atoms with Gasteiger partial charge in [0.15, 0.2) is 36.3 Å². The first-order valence-electron chi connectivity index (χ1n) is 13.6. The Kier molecular flexibility index (Phi) is 12.0. The van der Waals surface area contributed by atoms with Gasteiger partial charge in [-0.25, -0.2) is 0 Å². The number of Topliss-reactive ketones (excluding diaryl/α,β-unsaturated/α-hetero) is 4. The predicted octanol–water partition coefficient (Wildman–Crippen LogP) is 6.14. The molecule has 8 heteroatoms. The van der Waals surface area contributed by atoms with Gasteiger partial charge >= 0.3 is 5.09 Å². The summed E-state index contributed by atoms with van der Waals surface area (Å²) in [6, 6.07) is 0. The van der Waals surface area contributed by atoms with Crippen LogP contribution in [0.3, 0.4) is 0 Å². The number of unbranched alkanes of at least 4 members (excludes halogenated alkanes) is 6. The van der Waals surface area contributed by atoms with Gasteiger partial charge in [-0.05, 0) is 92.9 Å². The summed E-state index contributed by atoms with van der Waals surface area (Å²) >= 11 is 0. The molecule has 0 aromatic rings. The van der Waals surface area contributed by atoms with Crippen LogP contribution in [0.15, 0.2) is 44.6 Å². The Labute approximate surface area is 225 Å². The Morgan fingerprint density at radius 1 is 0.447 bits per heavy atom. The van der Waals surface area contributed by atoms with E-state index in [9.17, 15) is 24.1 Å². The zero-order valence-electron chi connectivity index (χ0n) is 23.8. The van der Waals surface area contributed by atoms with Crippen molar-refractivity contribution in [1.82, 2.24) is 0 Å². The van der Waals surface area contributed by atoms with Gasteiger partial charge in [-0.3, -0.25) is 19.2 Å². The van der Waals surface area contributed by atoms with Crippen LogP contribution in [0.1, 0.15) is 106 Å². The van der Waals surface area contributed by atoms with E-state index < -0.39 is 0 Å². The highest BCUT2D eigenvalue weighted by atomic mass is 17.0. The molecule has 38 heavy (non-hydrogen) atoms. The van der Waals surface area contributed by atoms with Crippen molar-refractivity contribution in [2.24, 2.45) is 0 Å². The molecule has 0 unspecified atom stereocenters. The van der Waals surface area contributed by atoms with Gasteiger partial charge in [0.25, 0.3) is 0 Å². The second kappa shape index (κ2) is 14.7. The van der Waals surface area contributed by atoms with E-state index in [1.165, 1.54) is 0 Å². The van der Waals surface area contributed by atoms with E-state index in [-0.39, 0.29) is 41.4 Å². The Morgan fingerprint density at radius 2 is 0.763 bits per heavy atom. The van der Waals surface area contributed by atoms with Crippen LogP contribution >= 0.6 is 0 Å². The Morgan fingerprint density at radius 3 is 1.13 bits per heavy atom. The van der Waals surface area contributed by atoms with Crippen molar-refractivity contribution in [3.8, 4) is 0 Å². The molecule has 2 aliphatic carbocycles. The van der Waals surface area contributed by atoms with E-state index in [1.54, 1.807) is 41.5 Å². The first kappa shape index (κ1) is 31.1. The summed E-state index contributed by atoms with van der Waals surface area (Å²) in [5.74, 6) is -0.115. The molecule has 8 nitrogen and oxygen atoms in total. The maximum absolute atomic E-state index is 12.4. The second-order valence-electron chi connectivity index (χ2n) is 10.2. The Hall–Kier alpha value is -3.16. The zero-order chi connectivity index (χ0) is 28.4. The topological polar surface area (TPSA) is 107 Å². The molecule has 0 aromatic heterocycles. The fraction of sp³-hybridized carbons (Fsp3) is 0.600. The summed E-state index contributed by atoms with van der Waals surface area (Å²) in [6.07, 6.45) is 7.57. The van der Waals surface area contributed by atoms with E-state index in [2.05, 4.69) is 0 Å². The number of nitrogens with zero attached hydrogens (tertiary/aromatic N) is 1. The SMILES string of the molecule is CC1=C(C)C(=O)C(CCCCCCO[N+](=O)OCCCCCCC2=C(C)C(=O)C(C)=C(C)C2=O)=C(C)C1=O. The third-order valence-corrected chi connectivity index (χ3v) is 7.66. The summed E-state index contributed by atoms with van der Waals surface area (Å²) in [7, 11) is 0. The number of carbonyl (C=O) groups excluding carboxylic acids is 4. The number of hydrogen-bond donors (Lipinski definition) is 0. The molecule has 208 valence electrons. The molecular weight excluding hydrogens is 486 g/mol. The molecule has 0 radical (unpaired) electrons. The molecule has 0 fully saturated rings. The number of carbonyl (C=O) groups is 4. The third kappa shape index (κ3) is 7.92. The molecule has 0 saturated carbocycles. The highest BCUT2D eigenvalue weighted by Crippen LogP contribution is 2.28. The van der Waals surface area contributed by atoms with Crippen molar-refractivity contribution in [2.45, 2.75) is 106 Å². The fourth-order valence-electron chi connectivity index (χ4n) is 4.74. The first-order valence-corrected chi connectivity index (χ1v) is 13.6. The van der Waals surface area contributed by atoms with Crippen molar-refractivity contribution in [3.05, 3.63) is 49.5 Å². The van der Waals surface area contributed by atoms with Crippen LogP contribution in [0.2, 0.25) is 0 Å². The molecule has 0 aromatic carbocycles. The van der Waals surface area contributed by atoms with Crippen LogP contribution in [0.4, 0.5) is 0 Å². The molecule has 0 aliphatic heterocycles. The number of rotatable bonds is 16. The summed E-state index contributed by atoms with van der Waals surface area (Å²) in [5, 5.41) is 0.163. The van der Waals surface area contributed by atoms with E-state index in [1.807, 2.05) is 0 Å². The number of hydrogen-bond acceptors (Lipinski definition) is 7. The van der Waals surface area contributed by atoms with Crippen molar-refractivity contribution >= 4 is 23.1 Å². The van der Waals surface area contributed by atoms with Gasteiger partial charge in [0, 0.05) is 44.6 Å². The average molecular weight is 529 g/mol. The molecule has 0 atom stereocenters. The lowest BCUT2D eigenvalue weighted by atomic mass is 9.84. The Balaban J connectivity index is 1.50. The van der Waals surface area contributed by atoms with Gasteiger partial charge < -0.3 is 0 Å². The molecule has 0 saturated heterocycles. The molecule has 2 rings (SSSR count). The highest BCUT2D eigenvalue weighted by Gasteiger charge is 2.28. The van der Waals surface area contributed by atoms with E-state index in [0.717, 1.165) is 38.5 Å². The Bertz CT molecular complexity index is 1030. The van der Waals surface area contributed by atoms with Gasteiger partial charge in [-0.15, -0.1) is 0 Å². The van der Waals surface area contributed by atoms with E-state index in [4.69, 9.17) is 9.68 Å². The largest absolute Gasteiger partial charge is 0.477 e. The standard InChI is InChI=1S/C30H42NO7/c1-19-21(3)29(34)25(23(5)27(19)32)15-11-7-9-13-17-37-31(36)38-18-14-10-8-12-16-26-24(6)28(33)20(2)22(4)30(26)35/h7-18H2,1-6H3/q+1. The van der Waals surface area contributed by atoms with Crippen molar-refractivity contribution in [2.75, 3.05) is 13.2 Å². The van der Waals surface area contributed by atoms with E-state index >= 15 is 0 Å². The molecule has 0 bridgehead atoms. The molecule has 0 amide bonds. The maximum atomic E-state index is 12.4. The lowest BCUT2D eigenvalue weighted by molar-refractivity contribution is -0.981. The van der Waals surface area contributed by atoms with Crippen LogP contribution in [0, 0.1) is 4.91 Å². The van der Waals surface area contributed by atoms with Gasteiger partial charge in [0.2, 0.25) is 0 Å². The second-order valence-corrected chi connectivity index (χ2v) is 10.2. The summed E-state index contributed by atoms with van der Waals surface area (Å²) in [5.41, 5.74) is 4.55.